The molecule has 8 heteroatoms. The van der Waals surface area contributed by atoms with Gasteiger partial charge in [0.05, 0.1) is 19.8 Å². The Morgan fingerprint density at radius 1 is 0.848 bits per heavy atom. The fraction of sp³-hybridized carbons (Fsp3) is 0.160. The molecule has 2 N–H and O–H groups in total. The van der Waals surface area contributed by atoms with Gasteiger partial charge in [-0.1, -0.05) is 48.5 Å². The number of carbonyl (C=O) groups excluding carboxylic acids is 3. The minimum absolute atomic E-state index is 0.281. The van der Waals surface area contributed by atoms with Crippen LogP contribution in [0.25, 0.3) is 0 Å². The summed E-state index contributed by atoms with van der Waals surface area (Å²) in [6, 6.07) is 22.1. The van der Waals surface area contributed by atoms with Crippen molar-refractivity contribution >= 4 is 23.5 Å². The summed E-state index contributed by atoms with van der Waals surface area (Å²) in [6.45, 7) is -0.424. The van der Waals surface area contributed by atoms with E-state index in [1.165, 1.54) is 14.2 Å². The summed E-state index contributed by atoms with van der Waals surface area (Å²) in [6.07, 6.45) is -1.21. The van der Waals surface area contributed by atoms with E-state index >= 15 is 0 Å². The highest BCUT2D eigenvalue weighted by atomic mass is 16.5. The maximum atomic E-state index is 13.0. The van der Waals surface area contributed by atoms with E-state index in [4.69, 9.17) is 14.2 Å². The zero-order chi connectivity index (χ0) is 23.6. The van der Waals surface area contributed by atoms with E-state index in [1.807, 2.05) is 0 Å². The Hall–Kier alpha value is -4.33. The number of ether oxygens (including phenoxy) is 3. The topological polar surface area (TPSA) is 103 Å². The first-order valence-electron chi connectivity index (χ1n) is 10.1. The van der Waals surface area contributed by atoms with E-state index in [-0.39, 0.29) is 5.56 Å². The molecule has 0 aliphatic heterocycles. The van der Waals surface area contributed by atoms with Crippen LogP contribution in [-0.4, -0.2) is 38.5 Å². The van der Waals surface area contributed by atoms with Gasteiger partial charge in [-0.25, -0.2) is 0 Å². The molecular weight excluding hydrogens is 424 g/mol. The number of esters is 1. The van der Waals surface area contributed by atoms with Crippen LogP contribution in [0.1, 0.15) is 22.0 Å². The molecule has 0 bridgehead atoms. The van der Waals surface area contributed by atoms with E-state index in [0.717, 1.165) is 0 Å². The van der Waals surface area contributed by atoms with Crippen LogP contribution in [0.15, 0.2) is 78.9 Å². The van der Waals surface area contributed by atoms with Crippen LogP contribution in [0, 0.1) is 0 Å². The van der Waals surface area contributed by atoms with Crippen molar-refractivity contribution in [1.29, 1.82) is 0 Å². The van der Waals surface area contributed by atoms with E-state index in [9.17, 15) is 14.4 Å². The second kappa shape index (κ2) is 11.3. The number of benzene rings is 3. The number of para-hydroxylation sites is 1. The largest absolute Gasteiger partial charge is 0.497 e. The molecule has 2 amide bonds. The van der Waals surface area contributed by atoms with Gasteiger partial charge >= 0.3 is 5.97 Å². The van der Waals surface area contributed by atoms with Crippen molar-refractivity contribution in [3.8, 4) is 11.5 Å². The Labute approximate surface area is 191 Å². The maximum Gasteiger partial charge on any atom is 0.326 e. The average molecular weight is 448 g/mol. The van der Waals surface area contributed by atoms with Crippen LogP contribution in [0.4, 0.5) is 5.69 Å². The molecule has 3 aromatic carbocycles. The van der Waals surface area contributed by atoms with Gasteiger partial charge in [0, 0.05) is 17.3 Å². The first kappa shape index (κ1) is 23.3. The van der Waals surface area contributed by atoms with Crippen molar-refractivity contribution in [3.63, 3.8) is 0 Å². The lowest BCUT2D eigenvalue weighted by molar-refractivity contribution is -0.153. The lowest BCUT2D eigenvalue weighted by atomic mass is 10.1. The molecule has 1 unspecified atom stereocenters. The third kappa shape index (κ3) is 6.33. The molecule has 0 heterocycles. The van der Waals surface area contributed by atoms with Crippen molar-refractivity contribution in [2.75, 3.05) is 26.1 Å². The highest BCUT2D eigenvalue weighted by Crippen LogP contribution is 2.22. The van der Waals surface area contributed by atoms with Gasteiger partial charge in [-0.15, -0.1) is 0 Å². The van der Waals surface area contributed by atoms with Crippen LogP contribution in [0.3, 0.4) is 0 Å². The molecule has 3 aromatic rings. The van der Waals surface area contributed by atoms with Crippen molar-refractivity contribution in [2.45, 2.75) is 6.10 Å². The lowest BCUT2D eigenvalue weighted by Gasteiger charge is -2.18. The van der Waals surface area contributed by atoms with Crippen molar-refractivity contribution in [2.24, 2.45) is 0 Å². The maximum absolute atomic E-state index is 13.0. The molecule has 8 nitrogen and oxygen atoms in total. The standard InChI is InChI=1S/C25H24N2O6/c1-31-19-12-8-11-18(15-19)27-25(30)23(17-9-4-3-5-10-17)33-22(28)16-26-24(29)20-13-6-7-14-21(20)32-2/h3-15,23H,16H2,1-2H3,(H,26,29)(H,27,30). The number of carbonyl (C=O) groups is 3. The van der Waals surface area contributed by atoms with Gasteiger partial charge in [-0.3, -0.25) is 14.4 Å². The number of nitrogens with one attached hydrogen (secondary N) is 2. The monoisotopic (exact) mass is 448 g/mol. The minimum atomic E-state index is -1.21. The zero-order valence-corrected chi connectivity index (χ0v) is 18.2. The third-order valence-electron chi connectivity index (χ3n) is 4.67. The van der Waals surface area contributed by atoms with Gasteiger partial charge in [-0.05, 0) is 24.3 Å². The molecule has 0 aliphatic carbocycles. The lowest BCUT2D eigenvalue weighted by Crippen LogP contribution is -2.33. The van der Waals surface area contributed by atoms with Crippen LogP contribution in [0.5, 0.6) is 11.5 Å². The Balaban J connectivity index is 1.69. The molecule has 0 saturated carbocycles. The number of methoxy groups -OCH3 is 2. The molecule has 170 valence electrons. The van der Waals surface area contributed by atoms with Gasteiger partial charge in [0.25, 0.3) is 11.8 Å². The molecule has 0 aliphatic rings. The van der Waals surface area contributed by atoms with Gasteiger partial charge in [-0.2, -0.15) is 0 Å². The van der Waals surface area contributed by atoms with Gasteiger partial charge in [0.2, 0.25) is 6.10 Å². The van der Waals surface area contributed by atoms with Crippen molar-refractivity contribution < 1.29 is 28.6 Å². The van der Waals surface area contributed by atoms with Gasteiger partial charge in [0.1, 0.15) is 18.0 Å². The number of anilines is 1. The summed E-state index contributed by atoms with van der Waals surface area (Å²) in [4.78, 5) is 37.9. The first-order valence-corrected chi connectivity index (χ1v) is 10.1. The summed E-state index contributed by atoms with van der Waals surface area (Å²) in [5.41, 5.74) is 1.26. The van der Waals surface area contributed by atoms with E-state index in [0.29, 0.717) is 22.7 Å². The quantitative estimate of drug-likeness (QED) is 0.487. The highest BCUT2D eigenvalue weighted by molar-refractivity contribution is 5.99. The van der Waals surface area contributed by atoms with Crippen LogP contribution in [-0.2, 0) is 14.3 Å². The summed E-state index contributed by atoms with van der Waals surface area (Å²) in [5, 5.41) is 5.22. The Kier molecular flexibility index (Phi) is 8.02. The molecule has 1 atom stereocenters. The fourth-order valence-electron chi connectivity index (χ4n) is 3.06. The predicted molar refractivity (Wildman–Crippen MR) is 122 cm³/mol. The zero-order valence-electron chi connectivity index (χ0n) is 18.2. The van der Waals surface area contributed by atoms with Crippen molar-refractivity contribution in [1.82, 2.24) is 5.32 Å². The van der Waals surface area contributed by atoms with Gasteiger partial charge in [0.15, 0.2) is 0 Å². The second-order valence-corrected chi connectivity index (χ2v) is 6.88. The van der Waals surface area contributed by atoms with E-state index in [2.05, 4.69) is 10.6 Å². The molecule has 0 saturated heterocycles. The second-order valence-electron chi connectivity index (χ2n) is 6.88. The molecule has 33 heavy (non-hydrogen) atoms. The van der Waals surface area contributed by atoms with Gasteiger partial charge < -0.3 is 24.8 Å². The van der Waals surface area contributed by atoms with Crippen LogP contribution in [0.2, 0.25) is 0 Å². The molecule has 3 rings (SSSR count). The Morgan fingerprint density at radius 2 is 1.58 bits per heavy atom. The number of rotatable bonds is 9. The predicted octanol–water partition coefficient (Wildman–Crippen LogP) is 3.36. The van der Waals surface area contributed by atoms with E-state index < -0.39 is 30.4 Å². The molecule has 0 spiro atoms. The van der Waals surface area contributed by atoms with E-state index in [1.54, 1.807) is 78.9 Å². The summed E-state index contributed by atoms with van der Waals surface area (Å²) in [7, 11) is 2.97. The van der Waals surface area contributed by atoms with Crippen LogP contribution >= 0.6 is 0 Å². The highest BCUT2D eigenvalue weighted by Gasteiger charge is 2.25. The Morgan fingerprint density at radius 3 is 2.30 bits per heavy atom. The summed E-state index contributed by atoms with van der Waals surface area (Å²) >= 11 is 0. The van der Waals surface area contributed by atoms with Crippen molar-refractivity contribution in [3.05, 3.63) is 90.0 Å². The normalized spacial score (nSPS) is 11.1. The molecule has 0 fully saturated rings. The summed E-state index contributed by atoms with van der Waals surface area (Å²) < 4.78 is 15.8. The Bertz CT molecular complexity index is 1120. The molecule has 0 aromatic heterocycles. The molecular formula is C25H24N2O6. The smallest absolute Gasteiger partial charge is 0.326 e. The third-order valence-corrected chi connectivity index (χ3v) is 4.67. The van der Waals surface area contributed by atoms with Crippen LogP contribution < -0.4 is 20.1 Å². The summed E-state index contributed by atoms with van der Waals surface area (Å²) in [5.74, 6) is -0.864. The number of hydrogen-bond donors (Lipinski definition) is 2. The SMILES string of the molecule is COc1cccc(NC(=O)C(OC(=O)CNC(=O)c2ccccc2OC)c2ccccc2)c1. The fourth-order valence-corrected chi connectivity index (χ4v) is 3.06. The average Bonchev–Trinajstić information content (AvgIpc) is 2.86. The number of amides is 2. The minimum Gasteiger partial charge on any atom is -0.497 e. The first-order chi connectivity index (χ1) is 16.0. The molecule has 0 radical (unpaired) electrons. The number of hydrogen-bond acceptors (Lipinski definition) is 6.